The van der Waals surface area contributed by atoms with E-state index in [2.05, 4.69) is 21.5 Å². The first-order chi connectivity index (χ1) is 6.36. The van der Waals surface area contributed by atoms with E-state index in [1.54, 1.807) is 6.20 Å². The molecule has 4 heteroatoms. The van der Waals surface area contributed by atoms with Crippen LogP contribution in [0.5, 0.6) is 0 Å². The van der Waals surface area contributed by atoms with Gasteiger partial charge in [-0.25, -0.2) is 4.99 Å². The molecule has 13 heavy (non-hydrogen) atoms. The fourth-order valence-electron chi connectivity index (χ4n) is 1.76. The summed E-state index contributed by atoms with van der Waals surface area (Å²) < 4.78 is 0. The van der Waals surface area contributed by atoms with Gasteiger partial charge in [-0.2, -0.15) is 0 Å². The number of aliphatic hydroxyl groups is 1. The van der Waals surface area contributed by atoms with Gasteiger partial charge in [0.1, 0.15) is 6.17 Å². The van der Waals surface area contributed by atoms with E-state index in [4.69, 9.17) is 0 Å². The highest BCUT2D eigenvalue weighted by Gasteiger charge is 2.23. The van der Waals surface area contributed by atoms with Crippen LogP contribution in [0.3, 0.4) is 0 Å². The van der Waals surface area contributed by atoms with Crippen molar-refractivity contribution in [3.63, 3.8) is 0 Å². The monoisotopic (exact) mass is 180 g/mol. The second-order valence-electron chi connectivity index (χ2n) is 3.46. The predicted octanol–water partition coefficient (Wildman–Crippen LogP) is -0.209. The molecule has 1 radical (unpaired) electrons. The minimum Gasteiger partial charge on any atom is -0.392 e. The van der Waals surface area contributed by atoms with Crippen molar-refractivity contribution in [1.29, 1.82) is 0 Å². The lowest BCUT2D eigenvalue weighted by atomic mass is 10.1. The van der Waals surface area contributed by atoms with Crippen LogP contribution in [-0.2, 0) is 0 Å². The number of nitrogens with one attached hydrogen (secondary N) is 1. The maximum absolute atomic E-state index is 9.47. The van der Waals surface area contributed by atoms with Gasteiger partial charge in [0.2, 0.25) is 0 Å². The molecule has 1 saturated heterocycles. The van der Waals surface area contributed by atoms with Crippen molar-refractivity contribution >= 4 is 6.34 Å². The molecule has 0 amide bonds. The Morgan fingerprint density at radius 2 is 2.54 bits per heavy atom. The smallest absolute Gasteiger partial charge is 0.170 e. The molecule has 2 aliphatic heterocycles. The number of likely N-dealkylation sites (tertiary alicyclic amines) is 1. The summed E-state index contributed by atoms with van der Waals surface area (Å²) in [5, 5.41) is 12.5. The average Bonchev–Trinajstić information content (AvgIpc) is 2.19. The highest BCUT2D eigenvalue weighted by Crippen LogP contribution is 2.12. The fraction of sp³-hybridized carbons (Fsp3) is 0.667. The minimum atomic E-state index is -0.178. The molecule has 1 fully saturated rings. The average molecular weight is 180 g/mol. The van der Waals surface area contributed by atoms with Crippen LogP contribution in [0, 0.1) is 0 Å². The van der Waals surface area contributed by atoms with Gasteiger partial charge in [0, 0.05) is 19.3 Å². The van der Waals surface area contributed by atoms with Gasteiger partial charge in [-0.15, -0.1) is 0 Å². The van der Waals surface area contributed by atoms with Gasteiger partial charge in [-0.3, -0.25) is 4.90 Å². The molecule has 4 nitrogen and oxygen atoms in total. The van der Waals surface area contributed by atoms with Crippen LogP contribution in [0.4, 0.5) is 0 Å². The summed E-state index contributed by atoms with van der Waals surface area (Å²) in [5.74, 6) is 0. The fourth-order valence-corrected chi connectivity index (χ4v) is 1.76. The molecule has 2 heterocycles. The normalized spacial score (nSPS) is 34.5. The van der Waals surface area contributed by atoms with E-state index in [1.807, 2.05) is 6.08 Å². The van der Waals surface area contributed by atoms with Crippen LogP contribution in [0.25, 0.3) is 0 Å². The van der Waals surface area contributed by atoms with Crippen molar-refractivity contribution < 1.29 is 5.11 Å². The van der Waals surface area contributed by atoms with E-state index in [0.29, 0.717) is 0 Å². The lowest BCUT2D eigenvalue weighted by Gasteiger charge is -2.35. The summed E-state index contributed by atoms with van der Waals surface area (Å²) in [4.78, 5) is 6.01. The van der Waals surface area contributed by atoms with Gasteiger partial charge in [0.25, 0.3) is 0 Å². The molecule has 0 aromatic rings. The van der Waals surface area contributed by atoms with Crippen LogP contribution in [-0.4, -0.2) is 41.7 Å². The molecular formula is C9H14N3O. The van der Waals surface area contributed by atoms with E-state index in [-0.39, 0.29) is 12.3 Å². The van der Waals surface area contributed by atoms with Gasteiger partial charge >= 0.3 is 0 Å². The van der Waals surface area contributed by atoms with Crippen LogP contribution in [0.1, 0.15) is 12.8 Å². The van der Waals surface area contributed by atoms with Gasteiger partial charge in [-0.05, 0) is 18.9 Å². The third kappa shape index (κ3) is 2.08. The van der Waals surface area contributed by atoms with Crippen LogP contribution >= 0.6 is 0 Å². The van der Waals surface area contributed by atoms with Crippen molar-refractivity contribution in [2.45, 2.75) is 25.1 Å². The Balaban J connectivity index is 1.92. The van der Waals surface area contributed by atoms with Crippen molar-refractivity contribution in [3.05, 3.63) is 12.3 Å². The molecule has 0 aromatic heterocycles. The maximum Gasteiger partial charge on any atom is 0.170 e. The summed E-state index contributed by atoms with van der Waals surface area (Å²) in [6, 6.07) is 0. The van der Waals surface area contributed by atoms with E-state index < -0.39 is 0 Å². The zero-order valence-corrected chi connectivity index (χ0v) is 7.48. The summed E-state index contributed by atoms with van der Waals surface area (Å²) >= 11 is 0. The third-order valence-corrected chi connectivity index (χ3v) is 2.44. The van der Waals surface area contributed by atoms with Crippen molar-refractivity contribution in [2.24, 2.45) is 4.99 Å². The van der Waals surface area contributed by atoms with Crippen LogP contribution in [0.2, 0.25) is 0 Å². The molecule has 2 aliphatic rings. The van der Waals surface area contributed by atoms with E-state index in [1.165, 1.54) is 0 Å². The molecule has 2 atom stereocenters. The quantitative estimate of drug-likeness (QED) is 0.587. The molecule has 0 saturated carbocycles. The molecule has 0 aromatic carbocycles. The number of rotatable bonds is 1. The number of aliphatic imine (C=N–C) groups is 1. The molecule has 2 unspecified atom stereocenters. The van der Waals surface area contributed by atoms with Crippen molar-refractivity contribution in [1.82, 2.24) is 10.2 Å². The predicted molar refractivity (Wildman–Crippen MR) is 50.3 cm³/mol. The van der Waals surface area contributed by atoms with Crippen molar-refractivity contribution in [2.75, 3.05) is 13.1 Å². The number of hydrogen-bond acceptors (Lipinski definition) is 4. The summed E-state index contributed by atoms with van der Waals surface area (Å²) in [6.45, 7) is 1.77. The topological polar surface area (TPSA) is 47.9 Å². The highest BCUT2D eigenvalue weighted by atomic mass is 16.3. The number of nitrogens with zero attached hydrogens (tertiary/aromatic N) is 2. The van der Waals surface area contributed by atoms with Gasteiger partial charge < -0.3 is 10.4 Å². The first-order valence-electron chi connectivity index (χ1n) is 4.65. The first-order valence-corrected chi connectivity index (χ1v) is 4.65. The maximum atomic E-state index is 9.47. The molecule has 2 N–H and O–H groups in total. The lowest BCUT2D eigenvalue weighted by molar-refractivity contribution is 0.0538. The Bertz CT molecular complexity index is 227. The summed E-state index contributed by atoms with van der Waals surface area (Å²) in [6.07, 6.45) is 8.39. The Labute approximate surface area is 78.0 Å². The molecule has 0 spiro atoms. The van der Waals surface area contributed by atoms with Gasteiger partial charge in [0.05, 0.1) is 6.10 Å². The third-order valence-electron chi connectivity index (χ3n) is 2.44. The van der Waals surface area contributed by atoms with Gasteiger partial charge in [-0.1, -0.05) is 0 Å². The van der Waals surface area contributed by atoms with E-state index in [0.717, 1.165) is 25.9 Å². The summed E-state index contributed by atoms with van der Waals surface area (Å²) in [7, 11) is 0. The zero-order chi connectivity index (χ0) is 9.10. The minimum absolute atomic E-state index is 0.160. The lowest BCUT2D eigenvalue weighted by Crippen LogP contribution is -2.50. The molecule has 2 rings (SSSR count). The van der Waals surface area contributed by atoms with Crippen LogP contribution in [0.15, 0.2) is 17.3 Å². The van der Waals surface area contributed by atoms with Gasteiger partial charge in [0.15, 0.2) is 6.34 Å². The Morgan fingerprint density at radius 3 is 3.23 bits per heavy atom. The Hall–Kier alpha value is -0.870. The second kappa shape index (κ2) is 3.89. The van der Waals surface area contributed by atoms with Crippen molar-refractivity contribution in [3.8, 4) is 0 Å². The van der Waals surface area contributed by atoms with E-state index >= 15 is 0 Å². The first kappa shape index (κ1) is 8.72. The summed E-state index contributed by atoms with van der Waals surface area (Å²) in [5.41, 5.74) is 0. The highest BCUT2D eigenvalue weighted by molar-refractivity contribution is 5.57. The van der Waals surface area contributed by atoms with Crippen LogP contribution < -0.4 is 5.32 Å². The molecule has 71 valence electrons. The molecule has 0 aliphatic carbocycles. The number of piperidine rings is 1. The Morgan fingerprint density at radius 1 is 1.62 bits per heavy atom. The Kier molecular flexibility index (Phi) is 2.61. The zero-order valence-electron chi connectivity index (χ0n) is 7.48. The van der Waals surface area contributed by atoms with E-state index in [9.17, 15) is 5.11 Å². The standard InChI is InChI=1S/C9H14N3O/c13-8-2-1-5-12(6-8)9-3-4-10-7-11-9/h3-4,8-9,13H,1-2,5-6H2,(H,10,11). The number of β-amino-alcohol motifs (C(OH)–C–C–N with tert-alkyl or cyclic N) is 1. The largest absolute Gasteiger partial charge is 0.392 e. The molecule has 0 bridgehead atoms. The number of hydrogen-bond donors (Lipinski definition) is 2. The number of aliphatic hydroxyl groups excluding tert-OH is 1. The SMILES string of the molecule is OC1CCCN(C2C=CN=[C]N2)C1. The molecular weight excluding hydrogens is 166 g/mol. The second-order valence-corrected chi connectivity index (χ2v) is 3.46.